The maximum absolute atomic E-state index is 14.0. The van der Waals surface area contributed by atoms with Crippen molar-refractivity contribution in [3.8, 4) is 17.0 Å². The SMILES string of the molecule is Cc1ccc(OCC2CC2)c(-c2ncnc3c(C(=O)NC4CCCC4F)c(C)[nH]c23)c1. The summed E-state index contributed by atoms with van der Waals surface area (Å²) in [6.07, 6.45) is 4.88. The molecule has 7 heteroatoms. The number of fused-ring (bicyclic) bond motifs is 1. The van der Waals surface area contributed by atoms with Crippen molar-refractivity contribution in [2.24, 2.45) is 5.92 Å². The summed E-state index contributed by atoms with van der Waals surface area (Å²) in [6.45, 7) is 4.57. The van der Waals surface area contributed by atoms with Gasteiger partial charge in [0.15, 0.2) is 0 Å². The van der Waals surface area contributed by atoms with Crippen molar-refractivity contribution in [2.45, 2.75) is 58.2 Å². The average molecular weight is 423 g/mol. The highest BCUT2D eigenvalue weighted by molar-refractivity contribution is 6.09. The summed E-state index contributed by atoms with van der Waals surface area (Å²) in [6, 6.07) is 5.62. The van der Waals surface area contributed by atoms with Crippen LogP contribution in [0.4, 0.5) is 4.39 Å². The Kier molecular flexibility index (Phi) is 5.12. The lowest BCUT2D eigenvalue weighted by molar-refractivity contribution is 0.0920. The zero-order valence-corrected chi connectivity index (χ0v) is 17.9. The molecule has 1 amide bonds. The van der Waals surface area contributed by atoms with Gasteiger partial charge in [-0.15, -0.1) is 0 Å². The van der Waals surface area contributed by atoms with Gasteiger partial charge in [0.25, 0.3) is 5.91 Å². The number of aryl methyl sites for hydroxylation is 2. The first-order chi connectivity index (χ1) is 15.0. The molecule has 2 aromatic heterocycles. The number of alkyl halides is 1. The minimum absolute atomic E-state index is 0.294. The minimum atomic E-state index is -0.988. The largest absolute Gasteiger partial charge is 0.493 e. The van der Waals surface area contributed by atoms with Crippen molar-refractivity contribution in [1.82, 2.24) is 20.3 Å². The zero-order chi connectivity index (χ0) is 21.5. The molecule has 2 heterocycles. The van der Waals surface area contributed by atoms with Gasteiger partial charge in [-0.1, -0.05) is 11.6 Å². The molecule has 2 aliphatic carbocycles. The van der Waals surface area contributed by atoms with Crippen LogP contribution < -0.4 is 10.1 Å². The van der Waals surface area contributed by atoms with Gasteiger partial charge in [0.1, 0.15) is 29.5 Å². The fraction of sp³-hybridized carbons (Fsp3) is 0.458. The number of rotatable bonds is 6. The van der Waals surface area contributed by atoms with E-state index in [9.17, 15) is 9.18 Å². The maximum atomic E-state index is 14.0. The topological polar surface area (TPSA) is 79.9 Å². The van der Waals surface area contributed by atoms with Gasteiger partial charge in [0.05, 0.1) is 23.7 Å². The Labute approximate surface area is 180 Å². The molecule has 6 nitrogen and oxygen atoms in total. The van der Waals surface area contributed by atoms with Crippen molar-refractivity contribution in [3.63, 3.8) is 0 Å². The zero-order valence-electron chi connectivity index (χ0n) is 17.9. The van der Waals surface area contributed by atoms with E-state index in [1.807, 2.05) is 32.0 Å². The van der Waals surface area contributed by atoms with Crippen LogP contribution in [0.1, 0.15) is 53.7 Å². The molecule has 0 saturated heterocycles. The average Bonchev–Trinajstić information content (AvgIpc) is 3.40. The standard InChI is InChI=1S/C24H27FN4O2/c1-13-6-9-19(31-11-15-7-8-15)16(10-13)21-23-22(27-12-26-21)20(14(2)28-23)24(30)29-18-5-3-4-17(18)25/h6,9-10,12,15,17-18,28H,3-5,7-8,11H2,1-2H3,(H,29,30). The van der Waals surface area contributed by atoms with Crippen LogP contribution >= 0.6 is 0 Å². The summed E-state index contributed by atoms with van der Waals surface area (Å²) in [5.74, 6) is 1.12. The highest BCUT2D eigenvalue weighted by Gasteiger charge is 2.30. The maximum Gasteiger partial charge on any atom is 0.255 e. The number of nitrogens with one attached hydrogen (secondary N) is 2. The molecule has 5 rings (SSSR count). The summed E-state index contributed by atoms with van der Waals surface area (Å²) in [5.41, 5.74) is 5.05. The van der Waals surface area contributed by atoms with Gasteiger partial charge < -0.3 is 15.0 Å². The van der Waals surface area contributed by atoms with Crippen LogP contribution in [0, 0.1) is 19.8 Å². The van der Waals surface area contributed by atoms with Crippen molar-refractivity contribution in [1.29, 1.82) is 0 Å². The van der Waals surface area contributed by atoms with Crippen LogP contribution in [0.5, 0.6) is 5.75 Å². The van der Waals surface area contributed by atoms with Crippen LogP contribution in [-0.4, -0.2) is 39.7 Å². The van der Waals surface area contributed by atoms with E-state index in [-0.39, 0.29) is 5.91 Å². The number of aromatic nitrogens is 3. The molecule has 2 aliphatic rings. The number of nitrogens with zero attached hydrogens (tertiary/aromatic N) is 2. The molecule has 2 fully saturated rings. The smallest absolute Gasteiger partial charge is 0.255 e. The Bertz CT molecular complexity index is 1140. The van der Waals surface area contributed by atoms with Gasteiger partial charge in [0, 0.05) is 11.3 Å². The van der Waals surface area contributed by atoms with E-state index in [0.717, 1.165) is 23.3 Å². The number of carbonyl (C=O) groups is 1. The van der Waals surface area contributed by atoms with Crippen LogP contribution in [0.25, 0.3) is 22.3 Å². The lowest BCUT2D eigenvalue weighted by atomic mass is 10.1. The summed E-state index contributed by atoms with van der Waals surface area (Å²) in [4.78, 5) is 25.3. The van der Waals surface area contributed by atoms with Gasteiger partial charge in [-0.2, -0.15) is 0 Å². The minimum Gasteiger partial charge on any atom is -0.493 e. The Morgan fingerprint density at radius 3 is 2.81 bits per heavy atom. The van der Waals surface area contributed by atoms with Gasteiger partial charge in [-0.05, 0) is 64.0 Å². The fourth-order valence-electron chi connectivity index (χ4n) is 4.37. The molecule has 2 atom stereocenters. The Balaban J connectivity index is 1.53. The second-order valence-corrected chi connectivity index (χ2v) is 8.85. The van der Waals surface area contributed by atoms with Gasteiger partial charge in [0.2, 0.25) is 0 Å². The lowest BCUT2D eigenvalue weighted by Crippen LogP contribution is -2.38. The third-order valence-electron chi connectivity index (χ3n) is 6.31. The van der Waals surface area contributed by atoms with E-state index < -0.39 is 12.2 Å². The number of H-pyrrole nitrogens is 1. The van der Waals surface area contributed by atoms with Crippen molar-refractivity contribution >= 4 is 16.9 Å². The Hall–Kier alpha value is -2.96. The summed E-state index contributed by atoms with van der Waals surface area (Å²) in [5, 5.41) is 2.86. The molecule has 3 aromatic rings. The van der Waals surface area contributed by atoms with E-state index in [0.29, 0.717) is 53.4 Å². The van der Waals surface area contributed by atoms with E-state index >= 15 is 0 Å². The van der Waals surface area contributed by atoms with Crippen molar-refractivity contribution < 1.29 is 13.9 Å². The monoisotopic (exact) mass is 422 g/mol. The molecule has 0 aliphatic heterocycles. The predicted octanol–water partition coefficient (Wildman–Crippen LogP) is 4.65. The lowest BCUT2D eigenvalue weighted by Gasteiger charge is -2.15. The summed E-state index contributed by atoms with van der Waals surface area (Å²) >= 11 is 0. The predicted molar refractivity (Wildman–Crippen MR) is 117 cm³/mol. The number of amides is 1. The molecular formula is C24H27FN4O2. The summed E-state index contributed by atoms with van der Waals surface area (Å²) in [7, 11) is 0. The van der Waals surface area contributed by atoms with E-state index in [1.165, 1.54) is 19.2 Å². The molecule has 0 spiro atoms. The molecule has 31 heavy (non-hydrogen) atoms. The van der Waals surface area contributed by atoms with Crippen LogP contribution in [0.2, 0.25) is 0 Å². The van der Waals surface area contributed by atoms with Gasteiger partial charge >= 0.3 is 0 Å². The summed E-state index contributed by atoms with van der Waals surface area (Å²) < 4.78 is 20.2. The first-order valence-corrected chi connectivity index (χ1v) is 11.0. The molecular weight excluding hydrogens is 395 g/mol. The molecule has 162 valence electrons. The second kappa shape index (κ2) is 7.94. The number of halogens is 1. The second-order valence-electron chi connectivity index (χ2n) is 8.85. The third-order valence-corrected chi connectivity index (χ3v) is 6.31. The molecule has 0 radical (unpaired) electrons. The third kappa shape index (κ3) is 3.89. The molecule has 2 N–H and O–H groups in total. The fourth-order valence-corrected chi connectivity index (χ4v) is 4.37. The highest BCUT2D eigenvalue weighted by atomic mass is 19.1. The quantitative estimate of drug-likeness (QED) is 0.606. The molecule has 1 aromatic carbocycles. The first-order valence-electron chi connectivity index (χ1n) is 11.0. The number of hydrogen-bond acceptors (Lipinski definition) is 4. The first kappa shape index (κ1) is 20.0. The number of aromatic amines is 1. The van der Waals surface area contributed by atoms with Gasteiger partial charge in [-0.25, -0.2) is 14.4 Å². The Morgan fingerprint density at radius 2 is 2.06 bits per heavy atom. The van der Waals surface area contributed by atoms with Crippen LogP contribution in [-0.2, 0) is 0 Å². The van der Waals surface area contributed by atoms with Crippen LogP contribution in [0.15, 0.2) is 24.5 Å². The van der Waals surface area contributed by atoms with Crippen molar-refractivity contribution in [3.05, 3.63) is 41.3 Å². The van der Waals surface area contributed by atoms with E-state index in [2.05, 4.69) is 20.3 Å². The molecule has 2 saturated carbocycles. The van der Waals surface area contributed by atoms with Crippen molar-refractivity contribution in [2.75, 3.05) is 6.61 Å². The number of hydrogen-bond donors (Lipinski definition) is 2. The number of ether oxygens (including phenoxy) is 1. The normalized spacial score (nSPS) is 20.9. The van der Waals surface area contributed by atoms with Gasteiger partial charge in [-0.3, -0.25) is 4.79 Å². The van der Waals surface area contributed by atoms with Crippen LogP contribution in [0.3, 0.4) is 0 Å². The van der Waals surface area contributed by atoms with E-state index in [4.69, 9.17) is 4.74 Å². The Morgan fingerprint density at radius 1 is 1.23 bits per heavy atom. The highest BCUT2D eigenvalue weighted by Crippen LogP contribution is 2.37. The molecule has 2 unspecified atom stereocenters. The van der Waals surface area contributed by atoms with E-state index in [1.54, 1.807) is 0 Å². The molecule has 0 bridgehead atoms. The number of carbonyl (C=O) groups excluding carboxylic acids is 1. The number of benzene rings is 1.